The van der Waals surface area contributed by atoms with Crippen LogP contribution in [0.4, 0.5) is 0 Å². The molecule has 0 bridgehead atoms. The number of amides is 1. The van der Waals surface area contributed by atoms with E-state index in [2.05, 4.69) is 33.8 Å². The largest absolute Gasteiger partial charge is 0.344 e. The maximum atomic E-state index is 12.4. The fourth-order valence-electron chi connectivity index (χ4n) is 1.94. The van der Waals surface area contributed by atoms with Gasteiger partial charge in [0.15, 0.2) is 0 Å². The first kappa shape index (κ1) is 13.9. The van der Waals surface area contributed by atoms with Gasteiger partial charge in [-0.1, -0.05) is 0 Å². The van der Waals surface area contributed by atoms with Crippen molar-refractivity contribution in [3.8, 4) is 5.69 Å². The minimum Gasteiger partial charge on any atom is -0.344 e. The van der Waals surface area contributed by atoms with Gasteiger partial charge in [-0.05, 0) is 47.9 Å². The minimum atomic E-state index is -0.117. The zero-order valence-corrected chi connectivity index (χ0v) is 13.1. The van der Waals surface area contributed by atoms with Crippen molar-refractivity contribution in [2.24, 2.45) is 0 Å². The molecule has 3 aromatic rings. The normalized spacial score (nSPS) is 12.3. The average Bonchev–Trinajstić information content (AvgIpc) is 3.19. The van der Waals surface area contributed by atoms with E-state index in [0.717, 1.165) is 4.88 Å². The molecule has 1 atom stereocenters. The molecule has 8 heteroatoms. The van der Waals surface area contributed by atoms with Crippen LogP contribution in [0, 0.1) is 6.92 Å². The number of hydrogen-bond donors (Lipinski definition) is 1. The highest BCUT2D eigenvalue weighted by atomic mass is 32.1. The lowest BCUT2D eigenvalue weighted by atomic mass is 10.2. The van der Waals surface area contributed by atoms with Crippen molar-refractivity contribution in [2.75, 3.05) is 0 Å². The molecule has 0 saturated heterocycles. The Balaban J connectivity index is 1.79. The SMILES string of the molecule is Cc1ccc([C@H](C)NC(=O)c2sccc2-n2cnnn2)s1. The summed E-state index contributed by atoms with van der Waals surface area (Å²) in [6.07, 6.45) is 1.48. The molecule has 0 aliphatic carbocycles. The van der Waals surface area contributed by atoms with Crippen LogP contribution in [0.25, 0.3) is 5.69 Å². The number of aromatic nitrogens is 4. The highest BCUT2D eigenvalue weighted by Gasteiger charge is 2.18. The lowest BCUT2D eigenvalue weighted by Crippen LogP contribution is -2.26. The number of aryl methyl sites for hydroxylation is 1. The summed E-state index contributed by atoms with van der Waals surface area (Å²) in [5.41, 5.74) is 0.692. The Hall–Kier alpha value is -2.06. The first-order chi connectivity index (χ1) is 10.1. The summed E-state index contributed by atoms with van der Waals surface area (Å²) in [5, 5.41) is 15.9. The van der Waals surface area contributed by atoms with E-state index in [1.165, 1.54) is 27.2 Å². The highest BCUT2D eigenvalue weighted by Crippen LogP contribution is 2.24. The molecular formula is C13H13N5OS2. The smallest absolute Gasteiger partial charge is 0.264 e. The molecule has 1 amide bonds. The highest BCUT2D eigenvalue weighted by molar-refractivity contribution is 7.12. The van der Waals surface area contributed by atoms with Crippen LogP contribution in [0.3, 0.4) is 0 Å². The van der Waals surface area contributed by atoms with Crippen LogP contribution >= 0.6 is 22.7 Å². The van der Waals surface area contributed by atoms with Crippen molar-refractivity contribution in [1.29, 1.82) is 0 Å². The monoisotopic (exact) mass is 319 g/mol. The molecule has 0 fully saturated rings. The van der Waals surface area contributed by atoms with Gasteiger partial charge in [-0.2, -0.15) is 4.68 Å². The molecule has 0 unspecified atom stereocenters. The molecule has 6 nitrogen and oxygen atoms in total. The number of thiophene rings is 2. The summed E-state index contributed by atoms with van der Waals surface area (Å²) >= 11 is 3.06. The second-order valence-electron chi connectivity index (χ2n) is 4.53. The first-order valence-electron chi connectivity index (χ1n) is 6.33. The Labute approximate surface area is 129 Å². The van der Waals surface area contributed by atoms with Crippen molar-refractivity contribution in [2.45, 2.75) is 19.9 Å². The molecule has 3 rings (SSSR count). The maximum absolute atomic E-state index is 12.4. The average molecular weight is 319 g/mol. The Kier molecular flexibility index (Phi) is 3.80. The van der Waals surface area contributed by atoms with Crippen LogP contribution in [0.2, 0.25) is 0 Å². The number of carbonyl (C=O) groups excluding carboxylic acids is 1. The molecular weight excluding hydrogens is 306 g/mol. The van der Waals surface area contributed by atoms with Gasteiger partial charge >= 0.3 is 0 Å². The van der Waals surface area contributed by atoms with Crippen LogP contribution in [-0.2, 0) is 0 Å². The van der Waals surface area contributed by atoms with Crippen LogP contribution < -0.4 is 5.32 Å². The number of nitrogens with zero attached hydrogens (tertiary/aromatic N) is 4. The van der Waals surface area contributed by atoms with Crippen molar-refractivity contribution in [3.63, 3.8) is 0 Å². The lowest BCUT2D eigenvalue weighted by molar-refractivity contribution is 0.0944. The molecule has 0 spiro atoms. The summed E-state index contributed by atoms with van der Waals surface area (Å²) in [6.45, 7) is 4.03. The summed E-state index contributed by atoms with van der Waals surface area (Å²) in [4.78, 5) is 15.4. The zero-order chi connectivity index (χ0) is 14.8. The third-order valence-electron chi connectivity index (χ3n) is 2.98. The standard InChI is InChI=1S/C13H13N5OS2/c1-8-3-4-11(21-8)9(2)15-13(19)12-10(5-6-20-12)18-7-14-16-17-18/h3-7,9H,1-2H3,(H,15,19)/t9-/m0/s1. The third-order valence-corrected chi connectivity index (χ3v) is 5.07. The molecule has 1 N–H and O–H groups in total. The number of tetrazole rings is 1. The molecule has 21 heavy (non-hydrogen) atoms. The van der Waals surface area contributed by atoms with Crippen molar-refractivity contribution in [1.82, 2.24) is 25.5 Å². The van der Waals surface area contributed by atoms with Crippen LogP contribution in [0.5, 0.6) is 0 Å². The topological polar surface area (TPSA) is 72.7 Å². The lowest BCUT2D eigenvalue weighted by Gasteiger charge is -2.12. The van der Waals surface area contributed by atoms with Gasteiger partial charge in [0.25, 0.3) is 5.91 Å². The molecule has 0 radical (unpaired) electrons. The summed E-state index contributed by atoms with van der Waals surface area (Å²) in [7, 11) is 0. The Morgan fingerprint density at radius 1 is 1.38 bits per heavy atom. The van der Waals surface area contributed by atoms with Crippen molar-refractivity contribution in [3.05, 3.63) is 44.5 Å². The van der Waals surface area contributed by atoms with E-state index in [1.54, 1.807) is 11.3 Å². The molecule has 0 aliphatic heterocycles. The quantitative estimate of drug-likeness (QED) is 0.802. The van der Waals surface area contributed by atoms with E-state index >= 15 is 0 Å². The van der Waals surface area contributed by atoms with Gasteiger partial charge in [-0.15, -0.1) is 27.8 Å². The molecule has 0 saturated carbocycles. The fraction of sp³-hybridized carbons (Fsp3) is 0.231. The van der Waals surface area contributed by atoms with Crippen LogP contribution in [-0.4, -0.2) is 26.1 Å². The van der Waals surface area contributed by atoms with Gasteiger partial charge in [0.05, 0.1) is 11.7 Å². The van der Waals surface area contributed by atoms with Gasteiger partial charge in [-0.3, -0.25) is 4.79 Å². The number of hydrogen-bond acceptors (Lipinski definition) is 6. The Morgan fingerprint density at radius 3 is 2.90 bits per heavy atom. The van der Waals surface area contributed by atoms with Crippen molar-refractivity contribution >= 4 is 28.6 Å². The first-order valence-corrected chi connectivity index (χ1v) is 8.03. The van der Waals surface area contributed by atoms with E-state index in [0.29, 0.717) is 10.6 Å². The van der Waals surface area contributed by atoms with Gasteiger partial charge < -0.3 is 5.32 Å². The van der Waals surface area contributed by atoms with E-state index in [9.17, 15) is 4.79 Å². The summed E-state index contributed by atoms with van der Waals surface area (Å²) in [5.74, 6) is -0.117. The zero-order valence-electron chi connectivity index (χ0n) is 11.5. The number of rotatable bonds is 4. The second kappa shape index (κ2) is 5.74. The molecule has 3 aromatic heterocycles. The third kappa shape index (κ3) is 2.86. The maximum Gasteiger partial charge on any atom is 0.264 e. The van der Waals surface area contributed by atoms with Crippen molar-refractivity contribution < 1.29 is 4.79 Å². The summed E-state index contributed by atoms with van der Waals surface area (Å²) < 4.78 is 1.49. The number of carbonyl (C=O) groups is 1. The molecule has 0 aliphatic rings. The minimum absolute atomic E-state index is 0.0278. The predicted molar refractivity (Wildman–Crippen MR) is 82.0 cm³/mol. The molecule has 3 heterocycles. The van der Waals surface area contributed by atoms with E-state index in [4.69, 9.17) is 0 Å². The van der Waals surface area contributed by atoms with Gasteiger partial charge in [0, 0.05) is 9.75 Å². The van der Waals surface area contributed by atoms with Gasteiger partial charge in [-0.25, -0.2) is 0 Å². The fourth-order valence-corrected chi connectivity index (χ4v) is 3.60. The van der Waals surface area contributed by atoms with Crippen LogP contribution in [0.1, 0.15) is 32.4 Å². The molecule has 0 aromatic carbocycles. The summed E-state index contributed by atoms with van der Waals surface area (Å²) in [6, 6.07) is 5.90. The van der Waals surface area contributed by atoms with Crippen LogP contribution in [0.15, 0.2) is 29.9 Å². The second-order valence-corrected chi connectivity index (χ2v) is 6.77. The van der Waals surface area contributed by atoms with Gasteiger partial charge in [0.1, 0.15) is 11.2 Å². The van der Waals surface area contributed by atoms with E-state index in [-0.39, 0.29) is 11.9 Å². The Bertz CT molecular complexity index is 746. The van der Waals surface area contributed by atoms with E-state index < -0.39 is 0 Å². The number of nitrogens with one attached hydrogen (secondary N) is 1. The molecule has 108 valence electrons. The van der Waals surface area contributed by atoms with Gasteiger partial charge in [0.2, 0.25) is 0 Å². The van der Waals surface area contributed by atoms with E-state index in [1.807, 2.05) is 24.4 Å². The Morgan fingerprint density at radius 2 is 2.24 bits per heavy atom. The predicted octanol–water partition coefficient (Wildman–Crippen LogP) is 2.58.